The van der Waals surface area contributed by atoms with Crippen LogP contribution in [0.3, 0.4) is 0 Å². The van der Waals surface area contributed by atoms with E-state index in [1.165, 1.54) is 15.8 Å². The summed E-state index contributed by atoms with van der Waals surface area (Å²) in [5.74, 6) is 0. The molecule has 1 unspecified atom stereocenters. The van der Waals surface area contributed by atoms with Crippen molar-refractivity contribution in [2.75, 3.05) is 0 Å². The van der Waals surface area contributed by atoms with E-state index in [1.807, 2.05) is 12.1 Å². The molecule has 0 saturated heterocycles. The van der Waals surface area contributed by atoms with Gasteiger partial charge in [0, 0.05) is 11.6 Å². The zero-order valence-electron chi connectivity index (χ0n) is 10.8. The standard InChI is InChI=1S/C16H13ClN2S/c17-12-5-6-15-13(8-12)19-16(20-15)14-7-10-3-1-2-4-11(10)9-18-14/h1-6,8,14,18H,7,9H2. The highest BCUT2D eigenvalue weighted by Crippen LogP contribution is 2.32. The summed E-state index contributed by atoms with van der Waals surface area (Å²) in [5, 5.41) is 5.48. The fraction of sp³-hybridized carbons (Fsp3) is 0.188. The van der Waals surface area contributed by atoms with Gasteiger partial charge in [0.1, 0.15) is 5.01 Å². The molecule has 100 valence electrons. The van der Waals surface area contributed by atoms with E-state index in [4.69, 9.17) is 16.6 Å². The molecule has 0 fully saturated rings. The Morgan fingerprint density at radius 2 is 2.00 bits per heavy atom. The number of rotatable bonds is 1. The van der Waals surface area contributed by atoms with Gasteiger partial charge in [0.15, 0.2) is 0 Å². The first-order chi connectivity index (χ1) is 9.79. The van der Waals surface area contributed by atoms with Gasteiger partial charge < -0.3 is 5.32 Å². The molecule has 0 amide bonds. The van der Waals surface area contributed by atoms with Crippen LogP contribution in [0.5, 0.6) is 0 Å². The van der Waals surface area contributed by atoms with Gasteiger partial charge >= 0.3 is 0 Å². The molecular formula is C16H13ClN2S. The van der Waals surface area contributed by atoms with Crippen LogP contribution < -0.4 is 5.32 Å². The maximum atomic E-state index is 6.03. The maximum absolute atomic E-state index is 6.03. The number of hydrogen-bond donors (Lipinski definition) is 1. The smallest absolute Gasteiger partial charge is 0.111 e. The normalized spacial score (nSPS) is 18.1. The highest BCUT2D eigenvalue weighted by molar-refractivity contribution is 7.18. The Kier molecular flexibility index (Phi) is 2.99. The average molecular weight is 301 g/mol. The predicted octanol–water partition coefficient (Wildman–Crippen LogP) is 4.34. The van der Waals surface area contributed by atoms with E-state index in [9.17, 15) is 0 Å². The molecule has 4 heteroatoms. The first-order valence-electron chi connectivity index (χ1n) is 6.66. The van der Waals surface area contributed by atoms with Crippen LogP contribution in [0.1, 0.15) is 22.2 Å². The highest BCUT2D eigenvalue weighted by atomic mass is 35.5. The lowest BCUT2D eigenvalue weighted by Gasteiger charge is -2.24. The van der Waals surface area contributed by atoms with Gasteiger partial charge in [-0.2, -0.15) is 0 Å². The molecule has 0 radical (unpaired) electrons. The molecule has 1 aliphatic rings. The first kappa shape index (κ1) is 12.3. The van der Waals surface area contributed by atoms with E-state index in [-0.39, 0.29) is 0 Å². The summed E-state index contributed by atoms with van der Waals surface area (Å²) in [7, 11) is 0. The number of hydrogen-bond acceptors (Lipinski definition) is 3. The summed E-state index contributed by atoms with van der Waals surface area (Å²) < 4.78 is 1.20. The number of nitrogens with one attached hydrogen (secondary N) is 1. The number of benzene rings is 2. The molecule has 0 spiro atoms. The molecule has 1 N–H and O–H groups in total. The molecule has 4 rings (SSSR count). The lowest BCUT2D eigenvalue weighted by Crippen LogP contribution is -2.28. The summed E-state index contributed by atoms with van der Waals surface area (Å²) in [6.45, 7) is 0.914. The molecule has 2 aromatic carbocycles. The Morgan fingerprint density at radius 1 is 1.15 bits per heavy atom. The van der Waals surface area contributed by atoms with Gasteiger partial charge in [-0.3, -0.25) is 0 Å². The Balaban J connectivity index is 1.70. The minimum atomic E-state index is 0.307. The van der Waals surface area contributed by atoms with E-state index in [0.717, 1.165) is 28.5 Å². The SMILES string of the molecule is Clc1ccc2sc(C3Cc4ccccc4CN3)nc2c1. The van der Waals surface area contributed by atoms with Crippen molar-refractivity contribution in [2.24, 2.45) is 0 Å². The third-order valence-corrected chi connectivity index (χ3v) is 5.13. The minimum absolute atomic E-state index is 0.307. The van der Waals surface area contributed by atoms with Crippen molar-refractivity contribution < 1.29 is 0 Å². The number of fused-ring (bicyclic) bond motifs is 2. The molecule has 2 nitrogen and oxygen atoms in total. The molecule has 1 aliphatic heterocycles. The van der Waals surface area contributed by atoms with Crippen molar-refractivity contribution in [1.82, 2.24) is 10.3 Å². The maximum Gasteiger partial charge on any atom is 0.111 e. The highest BCUT2D eigenvalue weighted by Gasteiger charge is 2.22. The van der Waals surface area contributed by atoms with Gasteiger partial charge in [0.2, 0.25) is 0 Å². The molecule has 1 atom stereocenters. The first-order valence-corrected chi connectivity index (χ1v) is 7.85. The third-order valence-electron chi connectivity index (χ3n) is 3.75. The quantitative estimate of drug-likeness (QED) is 0.723. The second kappa shape index (κ2) is 4.85. The largest absolute Gasteiger partial charge is 0.304 e. The summed E-state index contributed by atoms with van der Waals surface area (Å²) in [4.78, 5) is 4.74. The van der Waals surface area contributed by atoms with Crippen LogP contribution in [0.4, 0.5) is 0 Å². The molecule has 1 aromatic heterocycles. The lowest BCUT2D eigenvalue weighted by atomic mass is 9.96. The number of thiazole rings is 1. The molecule has 0 bridgehead atoms. The van der Waals surface area contributed by atoms with Gasteiger partial charge in [-0.1, -0.05) is 35.9 Å². The zero-order valence-corrected chi connectivity index (χ0v) is 12.3. The van der Waals surface area contributed by atoms with Gasteiger partial charge in [-0.15, -0.1) is 11.3 Å². The average Bonchev–Trinajstić information content (AvgIpc) is 2.89. The van der Waals surface area contributed by atoms with Crippen LogP contribution in [0.2, 0.25) is 5.02 Å². The van der Waals surface area contributed by atoms with E-state index in [2.05, 4.69) is 35.6 Å². The Labute approximate surface area is 126 Å². The molecule has 0 saturated carbocycles. The van der Waals surface area contributed by atoms with Crippen molar-refractivity contribution in [2.45, 2.75) is 19.0 Å². The minimum Gasteiger partial charge on any atom is -0.304 e. The van der Waals surface area contributed by atoms with Crippen LogP contribution in [0.25, 0.3) is 10.2 Å². The number of aromatic nitrogens is 1. The van der Waals surface area contributed by atoms with Crippen molar-refractivity contribution in [1.29, 1.82) is 0 Å². The lowest BCUT2D eigenvalue weighted by molar-refractivity contribution is 0.497. The Hall–Kier alpha value is -1.42. The van der Waals surface area contributed by atoms with Crippen LogP contribution in [-0.2, 0) is 13.0 Å². The third kappa shape index (κ3) is 2.12. The summed E-state index contributed by atoms with van der Waals surface area (Å²) in [6.07, 6.45) is 1.00. The van der Waals surface area contributed by atoms with E-state index in [0.29, 0.717) is 6.04 Å². The second-order valence-electron chi connectivity index (χ2n) is 5.07. The Morgan fingerprint density at radius 3 is 2.90 bits per heavy atom. The van der Waals surface area contributed by atoms with Crippen molar-refractivity contribution in [3.63, 3.8) is 0 Å². The van der Waals surface area contributed by atoms with E-state index < -0.39 is 0 Å². The van der Waals surface area contributed by atoms with Gasteiger partial charge in [-0.05, 0) is 35.7 Å². The summed E-state index contributed by atoms with van der Waals surface area (Å²) in [6, 6.07) is 14.8. The van der Waals surface area contributed by atoms with Crippen molar-refractivity contribution in [3.05, 3.63) is 63.6 Å². The van der Waals surface area contributed by atoms with Crippen LogP contribution in [0, 0.1) is 0 Å². The summed E-state index contributed by atoms with van der Waals surface area (Å²) >= 11 is 7.78. The fourth-order valence-corrected chi connectivity index (χ4v) is 3.89. The molecule has 3 aromatic rings. The predicted molar refractivity (Wildman–Crippen MR) is 84.4 cm³/mol. The van der Waals surface area contributed by atoms with Gasteiger partial charge in [0.25, 0.3) is 0 Å². The van der Waals surface area contributed by atoms with Crippen LogP contribution in [-0.4, -0.2) is 4.98 Å². The zero-order chi connectivity index (χ0) is 13.5. The topological polar surface area (TPSA) is 24.9 Å². The number of halogens is 1. The fourth-order valence-electron chi connectivity index (χ4n) is 2.70. The Bertz CT molecular complexity index is 781. The molecule has 2 heterocycles. The van der Waals surface area contributed by atoms with Gasteiger partial charge in [0.05, 0.1) is 16.3 Å². The van der Waals surface area contributed by atoms with Crippen molar-refractivity contribution in [3.8, 4) is 0 Å². The van der Waals surface area contributed by atoms with E-state index in [1.54, 1.807) is 11.3 Å². The van der Waals surface area contributed by atoms with Crippen LogP contribution in [0.15, 0.2) is 42.5 Å². The molecule has 20 heavy (non-hydrogen) atoms. The van der Waals surface area contributed by atoms with E-state index >= 15 is 0 Å². The second-order valence-corrected chi connectivity index (χ2v) is 6.57. The summed E-state index contributed by atoms with van der Waals surface area (Å²) in [5.41, 5.74) is 3.82. The molecule has 0 aliphatic carbocycles. The van der Waals surface area contributed by atoms with Gasteiger partial charge in [-0.25, -0.2) is 4.98 Å². The van der Waals surface area contributed by atoms with Crippen LogP contribution >= 0.6 is 22.9 Å². The number of nitrogens with zero attached hydrogens (tertiary/aromatic N) is 1. The monoisotopic (exact) mass is 300 g/mol. The van der Waals surface area contributed by atoms with Crippen molar-refractivity contribution >= 4 is 33.2 Å². The molecular weight excluding hydrogens is 288 g/mol.